The lowest BCUT2D eigenvalue weighted by Crippen LogP contribution is -2.49. The van der Waals surface area contributed by atoms with Gasteiger partial charge in [-0.1, -0.05) is 55.0 Å². The number of hydrogen-bond acceptors (Lipinski definition) is 4. The van der Waals surface area contributed by atoms with Crippen LogP contribution in [0.5, 0.6) is 0 Å². The summed E-state index contributed by atoms with van der Waals surface area (Å²) in [5.41, 5.74) is 2.72. The van der Waals surface area contributed by atoms with E-state index in [4.69, 9.17) is 0 Å². The van der Waals surface area contributed by atoms with Crippen molar-refractivity contribution in [3.05, 3.63) is 82.9 Å². The van der Waals surface area contributed by atoms with Gasteiger partial charge < -0.3 is 10.0 Å². The molecule has 1 N–H and O–H groups in total. The van der Waals surface area contributed by atoms with Gasteiger partial charge in [0.05, 0.1) is 35.5 Å². The smallest absolute Gasteiger partial charge is 0.311 e. The number of carbonyl (C=O) groups is 4. The maximum Gasteiger partial charge on any atom is 0.311 e. The van der Waals surface area contributed by atoms with E-state index >= 15 is 0 Å². The molecule has 35 heavy (non-hydrogen) atoms. The van der Waals surface area contributed by atoms with Gasteiger partial charge in [-0.05, 0) is 48.9 Å². The topological polar surface area (TPSA) is 95.0 Å². The SMILES string of the molecule is O=C(O)C1/C=C\CCCCC1C(=O)N1CCc2ccccc2C1CN1C(=O)c2ccccc2C1=O. The van der Waals surface area contributed by atoms with Gasteiger partial charge in [-0.15, -0.1) is 0 Å². The number of aliphatic carboxylic acids is 1. The molecule has 1 aliphatic carbocycles. The number of allylic oxidation sites excluding steroid dienone is 1. The van der Waals surface area contributed by atoms with Crippen molar-refractivity contribution in [3.63, 3.8) is 0 Å². The predicted octanol–water partition coefficient (Wildman–Crippen LogP) is 3.86. The zero-order chi connectivity index (χ0) is 24.5. The van der Waals surface area contributed by atoms with Crippen LogP contribution in [0.4, 0.5) is 0 Å². The summed E-state index contributed by atoms with van der Waals surface area (Å²) in [4.78, 5) is 55.2. The highest BCUT2D eigenvalue weighted by atomic mass is 16.4. The molecule has 0 saturated heterocycles. The monoisotopic (exact) mass is 472 g/mol. The van der Waals surface area contributed by atoms with Gasteiger partial charge in [0.2, 0.25) is 5.91 Å². The molecular formula is C28H28N2O5. The molecule has 0 fully saturated rings. The first-order chi connectivity index (χ1) is 17.0. The number of benzene rings is 2. The number of fused-ring (bicyclic) bond motifs is 2. The molecule has 0 saturated carbocycles. The molecule has 3 unspecified atom stereocenters. The summed E-state index contributed by atoms with van der Waals surface area (Å²) >= 11 is 0. The van der Waals surface area contributed by atoms with Gasteiger partial charge in [-0.3, -0.25) is 24.1 Å². The molecule has 7 nitrogen and oxygen atoms in total. The van der Waals surface area contributed by atoms with Crippen molar-refractivity contribution in [2.45, 2.75) is 38.1 Å². The van der Waals surface area contributed by atoms with Crippen LogP contribution in [0.3, 0.4) is 0 Å². The maximum atomic E-state index is 13.9. The van der Waals surface area contributed by atoms with Crippen molar-refractivity contribution in [3.8, 4) is 0 Å². The number of carboxylic acids is 1. The molecule has 5 rings (SSSR count). The molecule has 0 radical (unpaired) electrons. The van der Waals surface area contributed by atoms with Gasteiger partial charge in [0.15, 0.2) is 0 Å². The maximum absolute atomic E-state index is 13.9. The minimum atomic E-state index is -1.00. The van der Waals surface area contributed by atoms with Gasteiger partial charge in [0.1, 0.15) is 0 Å². The zero-order valence-corrected chi connectivity index (χ0v) is 19.4. The normalized spacial score (nSPS) is 24.9. The number of amides is 3. The number of rotatable bonds is 4. The summed E-state index contributed by atoms with van der Waals surface area (Å²) < 4.78 is 0. The van der Waals surface area contributed by atoms with E-state index in [9.17, 15) is 24.3 Å². The van der Waals surface area contributed by atoms with Gasteiger partial charge in [-0.2, -0.15) is 0 Å². The second-order valence-electron chi connectivity index (χ2n) is 9.45. The van der Waals surface area contributed by atoms with E-state index in [0.717, 1.165) is 30.4 Å². The van der Waals surface area contributed by atoms with Crippen molar-refractivity contribution in [1.82, 2.24) is 9.80 Å². The zero-order valence-electron chi connectivity index (χ0n) is 19.4. The van der Waals surface area contributed by atoms with Crippen LogP contribution in [0.25, 0.3) is 0 Å². The van der Waals surface area contributed by atoms with Crippen LogP contribution in [0.15, 0.2) is 60.7 Å². The molecule has 0 spiro atoms. The highest BCUT2D eigenvalue weighted by Crippen LogP contribution is 2.36. The highest BCUT2D eigenvalue weighted by molar-refractivity contribution is 6.21. The van der Waals surface area contributed by atoms with Crippen LogP contribution in [0.1, 0.15) is 63.6 Å². The molecule has 3 atom stereocenters. The van der Waals surface area contributed by atoms with E-state index in [1.54, 1.807) is 35.2 Å². The molecule has 0 aromatic heterocycles. The Morgan fingerprint density at radius 2 is 1.63 bits per heavy atom. The van der Waals surface area contributed by atoms with E-state index < -0.39 is 23.8 Å². The second-order valence-corrected chi connectivity index (χ2v) is 9.45. The Balaban J connectivity index is 1.50. The molecule has 2 aromatic rings. The molecule has 3 amide bonds. The highest BCUT2D eigenvalue weighted by Gasteiger charge is 2.43. The Morgan fingerprint density at radius 1 is 0.943 bits per heavy atom. The van der Waals surface area contributed by atoms with E-state index in [-0.39, 0.29) is 24.3 Å². The summed E-state index contributed by atoms with van der Waals surface area (Å²) in [5.74, 6) is -3.52. The van der Waals surface area contributed by atoms with Crippen LogP contribution >= 0.6 is 0 Å². The standard InChI is InChI=1S/C28H28N2O5/c31-25(22-11-3-1-2-4-14-23(22)28(34)35)29-16-15-18-9-5-6-10-19(18)24(29)17-30-26(32)20-12-7-8-13-21(20)27(30)33/h4-10,12-14,22-24H,1-3,11,15-17H2,(H,34,35)/b14-4-. The average Bonchev–Trinajstić information content (AvgIpc) is 3.08. The van der Waals surface area contributed by atoms with Crippen molar-refractivity contribution < 1.29 is 24.3 Å². The Kier molecular flexibility index (Phi) is 6.24. The van der Waals surface area contributed by atoms with Gasteiger partial charge in [0.25, 0.3) is 11.8 Å². The van der Waals surface area contributed by atoms with E-state index in [0.29, 0.717) is 30.5 Å². The summed E-state index contributed by atoms with van der Waals surface area (Å²) in [6.45, 7) is 0.450. The Labute approximate surface area is 204 Å². The van der Waals surface area contributed by atoms with Crippen molar-refractivity contribution >= 4 is 23.7 Å². The Bertz CT molecular complexity index is 1180. The number of hydrogen-bond donors (Lipinski definition) is 1. The first-order valence-electron chi connectivity index (χ1n) is 12.2. The minimum absolute atomic E-state index is 0.0371. The average molecular weight is 473 g/mol. The fourth-order valence-electron chi connectivity index (χ4n) is 5.62. The molecule has 3 aliphatic rings. The van der Waals surface area contributed by atoms with Crippen LogP contribution in [-0.4, -0.2) is 51.7 Å². The fourth-order valence-corrected chi connectivity index (χ4v) is 5.62. The summed E-state index contributed by atoms with van der Waals surface area (Å²) in [6.07, 6.45) is 7.15. The summed E-state index contributed by atoms with van der Waals surface area (Å²) in [5, 5.41) is 9.88. The van der Waals surface area contributed by atoms with Crippen molar-refractivity contribution in [2.24, 2.45) is 11.8 Å². The molecule has 2 heterocycles. The molecule has 7 heteroatoms. The van der Waals surface area contributed by atoms with Crippen LogP contribution < -0.4 is 0 Å². The number of carbonyl (C=O) groups excluding carboxylic acids is 3. The third-order valence-electron chi connectivity index (χ3n) is 7.44. The lowest BCUT2D eigenvalue weighted by Gasteiger charge is -2.41. The Morgan fingerprint density at radius 3 is 2.34 bits per heavy atom. The second kappa shape index (κ2) is 9.49. The summed E-state index contributed by atoms with van der Waals surface area (Å²) in [6, 6.07) is 14.0. The van der Waals surface area contributed by atoms with Crippen LogP contribution in [-0.2, 0) is 16.0 Å². The molecule has 2 aliphatic heterocycles. The molecule has 2 aromatic carbocycles. The van der Waals surface area contributed by atoms with Gasteiger partial charge in [0, 0.05) is 6.54 Å². The Hall–Kier alpha value is -3.74. The van der Waals surface area contributed by atoms with Crippen molar-refractivity contribution in [1.29, 1.82) is 0 Å². The van der Waals surface area contributed by atoms with Gasteiger partial charge in [-0.25, -0.2) is 0 Å². The van der Waals surface area contributed by atoms with Crippen LogP contribution in [0, 0.1) is 11.8 Å². The molecule has 180 valence electrons. The predicted molar refractivity (Wildman–Crippen MR) is 129 cm³/mol. The van der Waals surface area contributed by atoms with E-state index in [2.05, 4.69) is 0 Å². The largest absolute Gasteiger partial charge is 0.481 e. The van der Waals surface area contributed by atoms with E-state index in [1.807, 2.05) is 30.3 Å². The number of imide groups is 1. The quantitative estimate of drug-likeness (QED) is 0.539. The fraction of sp³-hybridized carbons (Fsp3) is 0.357. The lowest BCUT2D eigenvalue weighted by atomic mass is 9.82. The van der Waals surface area contributed by atoms with Gasteiger partial charge >= 0.3 is 5.97 Å². The van der Waals surface area contributed by atoms with Crippen molar-refractivity contribution in [2.75, 3.05) is 13.1 Å². The molecule has 0 bridgehead atoms. The number of carboxylic acid groups (broad SMARTS) is 1. The minimum Gasteiger partial charge on any atom is -0.481 e. The first kappa shape index (κ1) is 23.0. The lowest BCUT2D eigenvalue weighted by molar-refractivity contribution is -0.150. The molecular weight excluding hydrogens is 444 g/mol. The summed E-state index contributed by atoms with van der Waals surface area (Å²) in [7, 11) is 0. The third kappa shape index (κ3) is 4.16. The third-order valence-corrected chi connectivity index (χ3v) is 7.44. The van der Waals surface area contributed by atoms with E-state index in [1.165, 1.54) is 4.90 Å². The first-order valence-corrected chi connectivity index (χ1v) is 12.2. The van der Waals surface area contributed by atoms with Crippen LogP contribution in [0.2, 0.25) is 0 Å². The number of nitrogens with zero attached hydrogens (tertiary/aromatic N) is 2.